The molecular weight excluding hydrogens is 376 g/mol. The molecule has 2 N–H and O–H groups in total. The maximum Gasteiger partial charge on any atom is 0.315 e. The van der Waals surface area contributed by atoms with Crippen molar-refractivity contribution >= 4 is 17.1 Å². The molecule has 0 aliphatic rings. The van der Waals surface area contributed by atoms with Gasteiger partial charge in [-0.1, -0.05) is 30.3 Å². The third-order valence-corrected chi connectivity index (χ3v) is 5.33. The Bertz CT molecular complexity index is 1180. The first kappa shape index (κ1) is 19.7. The van der Waals surface area contributed by atoms with Gasteiger partial charge >= 0.3 is 6.03 Å². The van der Waals surface area contributed by atoms with E-state index in [9.17, 15) is 4.79 Å². The molecule has 2 heterocycles. The predicted octanol–water partition coefficient (Wildman–Crippen LogP) is 3.65. The molecule has 7 heteroatoms. The first-order valence-electron chi connectivity index (χ1n) is 10.1. The van der Waals surface area contributed by atoms with E-state index in [1.165, 1.54) is 0 Å². The van der Waals surface area contributed by atoms with Crippen LogP contribution in [0.25, 0.3) is 16.7 Å². The molecule has 2 aromatic heterocycles. The second-order valence-electron chi connectivity index (χ2n) is 7.31. The van der Waals surface area contributed by atoms with E-state index in [4.69, 9.17) is 0 Å². The number of fused-ring (bicyclic) bond motifs is 1. The summed E-state index contributed by atoms with van der Waals surface area (Å²) >= 11 is 0. The number of aromatic nitrogens is 4. The van der Waals surface area contributed by atoms with Crippen LogP contribution in [0.4, 0.5) is 4.79 Å². The van der Waals surface area contributed by atoms with Gasteiger partial charge in [0, 0.05) is 30.9 Å². The first-order valence-corrected chi connectivity index (χ1v) is 10.1. The van der Waals surface area contributed by atoms with Crippen molar-refractivity contribution in [3.05, 3.63) is 77.4 Å². The van der Waals surface area contributed by atoms with Gasteiger partial charge in [0.15, 0.2) is 0 Å². The third kappa shape index (κ3) is 3.91. The summed E-state index contributed by atoms with van der Waals surface area (Å²) in [4.78, 5) is 16.9. The van der Waals surface area contributed by atoms with E-state index in [1.54, 1.807) is 0 Å². The Morgan fingerprint density at radius 1 is 0.967 bits per heavy atom. The van der Waals surface area contributed by atoms with Gasteiger partial charge in [-0.2, -0.15) is 5.10 Å². The lowest BCUT2D eigenvalue weighted by molar-refractivity contribution is 0.240. The number of imidazole rings is 1. The number of carbonyl (C=O) groups is 1. The molecule has 0 bridgehead atoms. The van der Waals surface area contributed by atoms with Gasteiger partial charge in [-0.05, 0) is 45.0 Å². The minimum Gasteiger partial charge on any atom is -0.336 e. The number of urea groups is 1. The molecule has 0 aliphatic carbocycles. The summed E-state index contributed by atoms with van der Waals surface area (Å²) in [6.45, 7) is 7.60. The topological polar surface area (TPSA) is 76.8 Å². The van der Waals surface area contributed by atoms with Crippen LogP contribution in [0, 0.1) is 20.8 Å². The quantitative estimate of drug-likeness (QED) is 0.517. The number of nitrogens with zero attached hydrogens (tertiary/aromatic N) is 4. The number of benzene rings is 2. The predicted molar refractivity (Wildman–Crippen MR) is 118 cm³/mol. The van der Waals surface area contributed by atoms with E-state index < -0.39 is 0 Å². The monoisotopic (exact) mass is 402 g/mol. The lowest BCUT2D eigenvalue weighted by Crippen LogP contribution is -2.37. The summed E-state index contributed by atoms with van der Waals surface area (Å²) in [5.74, 6) is 0.943. The molecule has 30 heavy (non-hydrogen) atoms. The van der Waals surface area contributed by atoms with E-state index in [0.717, 1.165) is 39.5 Å². The van der Waals surface area contributed by atoms with Crippen molar-refractivity contribution in [2.45, 2.75) is 33.9 Å². The van der Waals surface area contributed by atoms with Crippen molar-refractivity contribution in [2.24, 2.45) is 0 Å². The van der Waals surface area contributed by atoms with Gasteiger partial charge in [0.1, 0.15) is 5.82 Å². The summed E-state index contributed by atoms with van der Waals surface area (Å²) in [5.41, 5.74) is 6.04. The van der Waals surface area contributed by atoms with Crippen LogP contribution in [0.15, 0.2) is 54.6 Å². The second kappa shape index (κ2) is 8.41. The highest BCUT2D eigenvalue weighted by molar-refractivity contribution is 5.76. The Balaban J connectivity index is 1.34. The molecule has 0 atom stereocenters. The molecule has 2 aromatic carbocycles. The molecular formula is C23H26N6O. The summed E-state index contributed by atoms with van der Waals surface area (Å²) in [7, 11) is 0. The highest BCUT2D eigenvalue weighted by Crippen LogP contribution is 2.18. The van der Waals surface area contributed by atoms with Crippen LogP contribution in [0.3, 0.4) is 0 Å². The van der Waals surface area contributed by atoms with Crippen LogP contribution < -0.4 is 10.6 Å². The molecule has 4 aromatic rings. The number of aryl methyl sites for hydroxylation is 2. The van der Waals surface area contributed by atoms with Crippen molar-refractivity contribution in [2.75, 3.05) is 6.54 Å². The van der Waals surface area contributed by atoms with Gasteiger partial charge in [-0.15, -0.1) is 0 Å². The Labute approximate surface area is 175 Å². The van der Waals surface area contributed by atoms with Crippen LogP contribution in [0.2, 0.25) is 0 Å². The van der Waals surface area contributed by atoms with Crippen LogP contribution in [-0.2, 0) is 13.1 Å². The van der Waals surface area contributed by atoms with Crippen molar-refractivity contribution in [1.82, 2.24) is 30.0 Å². The fourth-order valence-corrected chi connectivity index (χ4v) is 3.74. The van der Waals surface area contributed by atoms with Crippen molar-refractivity contribution in [1.29, 1.82) is 0 Å². The molecule has 0 fully saturated rings. The van der Waals surface area contributed by atoms with Crippen LogP contribution in [0.1, 0.15) is 22.8 Å². The zero-order chi connectivity index (χ0) is 21.1. The third-order valence-electron chi connectivity index (χ3n) is 5.33. The van der Waals surface area contributed by atoms with Crippen molar-refractivity contribution < 1.29 is 4.79 Å². The van der Waals surface area contributed by atoms with E-state index in [1.807, 2.05) is 80.1 Å². The number of hydrogen-bond acceptors (Lipinski definition) is 3. The van der Waals surface area contributed by atoms with Gasteiger partial charge in [0.25, 0.3) is 0 Å². The standard InChI is InChI=1S/C23H26N6O/c1-16-20(17(2)29(27-16)19-9-5-4-6-10-19)15-25-23(30)24-13-14-28-18(3)26-21-11-7-8-12-22(21)28/h4-12H,13-15H2,1-3H3,(H2,24,25,30). The van der Waals surface area contributed by atoms with Crippen molar-refractivity contribution in [3.63, 3.8) is 0 Å². The fourth-order valence-electron chi connectivity index (χ4n) is 3.74. The molecule has 7 nitrogen and oxygen atoms in total. The summed E-state index contributed by atoms with van der Waals surface area (Å²) < 4.78 is 4.03. The summed E-state index contributed by atoms with van der Waals surface area (Å²) in [5, 5.41) is 10.5. The van der Waals surface area contributed by atoms with Crippen LogP contribution in [-0.4, -0.2) is 31.9 Å². The average Bonchev–Trinajstić information content (AvgIpc) is 3.22. The largest absolute Gasteiger partial charge is 0.336 e. The fraction of sp³-hybridized carbons (Fsp3) is 0.261. The van der Waals surface area contributed by atoms with E-state index >= 15 is 0 Å². The number of hydrogen-bond donors (Lipinski definition) is 2. The molecule has 154 valence electrons. The number of para-hydroxylation sites is 3. The van der Waals surface area contributed by atoms with Crippen molar-refractivity contribution in [3.8, 4) is 5.69 Å². The Morgan fingerprint density at radius 2 is 1.70 bits per heavy atom. The Hall–Kier alpha value is -3.61. The Kier molecular flexibility index (Phi) is 5.52. The summed E-state index contributed by atoms with van der Waals surface area (Å²) in [6, 6.07) is 17.8. The van der Waals surface area contributed by atoms with Gasteiger partial charge in [0.05, 0.1) is 22.4 Å². The van der Waals surface area contributed by atoms with E-state index in [0.29, 0.717) is 19.6 Å². The minimum atomic E-state index is -0.191. The highest BCUT2D eigenvalue weighted by atomic mass is 16.2. The highest BCUT2D eigenvalue weighted by Gasteiger charge is 2.13. The molecule has 0 radical (unpaired) electrons. The molecule has 0 spiro atoms. The molecule has 2 amide bonds. The maximum absolute atomic E-state index is 12.3. The minimum absolute atomic E-state index is 0.191. The van der Waals surface area contributed by atoms with E-state index in [-0.39, 0.29) is 6.03 Å². The lowest BCUT2D eigenvalue weighted by atomic mass is 10.2. The molecule has 0 unspecified atom stereocenters. The zero-order valence-corrected chi connectivity index (χ0v) is 17.5. The Morgan fingerprint density at radius 3 is 2.50 bits per heavy atom. The summed E-state index contributed by atoms with van der Waals surface area (Å²) in [6.07, 6.45) is 0. The second-order valence-corrected chi connectivity index (χ2v) is 7.31. The van der Waals surface area contributed by atoms with Crippen LogP contribution in [0.5, 0.6) is 0 Å². The van der Waals surface area contributed by atoms with Gasteiger partial charge in [-0.3, -0.25) is 0 Å². The SMILES string of the molecule is Cc1nn(-c2ccccc2)c(C)c1CNC(=O)NCCn1c(C)nc2ccccc21. The molecule has 0 aliphatic heterocycles. The normalized spacial score (nSPS) is 11.0. The molecule has 0 saturated heterocycles. The number of amides is 2. The number of nitrogens with one attached hydrogen (secondary N) is 2. The number of rotatable bonds is 6. The zero-order valence-electron chi connectivity index (χ0n) is 17.5. The van der Waals surface area contributed by atoms with Gasteiger partial charge in [-0.25, -0.2) is 14.5 Å². The van der Waals surface area contributed by atoms with Gasteiger partial charge < -0.3 is 15.2 Å². The van der Waals surface area contributed by atoms with Crippen LogP contribution >= 0.6 is 0 Å². The lowest BCUT2D eigenvalue weighted by Gasteiger charge is -2.10. The molecule has 4 rings (SSSR count). The van der Waals surface area contributed by atoms with E-state index in [2.05, 4.69) is 25.3 Å². The number of carbonyl (C=O) groups excluding carboxylic acids is 1. The van der Waals surface area contributed by atoms with Gasteiger partial charge in [0.2, 0.25) is 0 Å². The average molecular weight is 403 g/mol. The maximum atomic E-state index is 12.3. The first-order chi connectivity index (χ1) is 14.5. The smallest absolute Gasteiger partial charge is 0.315 e. The molecule has 0 saturated carbocycles.